The molecule has 1 amide bonds. The molecule has 0 aliphatic heterocycles. The second-order valence-corrected chi connectivity index (χ2v) is 4.61. The molecule has 1 aromatic heterocycles. The number of hydrogen-bond donors (Lipinski definition) is 2. The van der Waals surface area contributed by atoms with Gasteiger partial charge in [0.05, 0.1) is 12.2 Å². The molecule has 0 aliphatic rings. The van der Waals surface area contributed by atoms with E-state index in [4.69, 9.17) is 0 Å². The van der Waals surface area contributed by atoms with E-state index in [0.29, 0.717) is 25.5 Å². The van der Waals surface area contributed by atoms with Crippen LogP contribution in [0.1, 0.15) is 19.0 Å². The van der Waals surface area contributed by atoms with Gasteiger partial charge in [-0.05, 0) is 13.0 Å². The topological polar surface area (TPSA) is 74.5 Å². The average Bonchev–Trinajstić information content (AvgIpc) is 2.81. The largest absolute Gasteiger partial charge is 0.357 e. The van der Waals surface area contributed by atoms with Crippen LogP contribution in [0.3, 0.4) is 0 Å². The summed E-state index contributed by atoms with van der Waals surface area (Å²) in [4.78, 5) is 17.5. The van der Waals surface area contributed by atoms with Gasteiger partial charge < -0.3 is 15.5 Å². The first-order valence-electron chi connectivity index (χ1n) is 6.73. The van der Waals surface area contributed by atoms with Crippen LogP contribution in [-0.4, -0.2) is 53.7 Å². The molecule has 0 aliphatic carbocycles. The molecule has 0 fully saturated rings. The summed E-state index contributed by atoms with van der Waals surface area (Å²) in [5.74, 6) is 0.806. The van der Waals surface area contributed by atoms with Crippen LogP contribution in [0.4, 0.5) is 0 Å². The van der Waals surface area contributed by atoms with Crippen molar-refractivity contribution in [2.45, 2.75) is 19.9 Å². The van der Waals surface area contributed by atoms with Crippen LogP contribution in [-0.2, 0) is 18.4 Å². The highest BCUT2D eigenvalue weighted by Gasteiger charge is 2.04. The minimum absolute atomic E-state index is 0. The highest BCUT2D eigenvalue weighted by molar-refractivity contribution is 14.0. The third kappa shape index (κ3) is 7.30. The Morgan fingerprint density at radius 1 is 1.43 bits per heavy atom. The number of aryl methyl sites for hydroxylation is 1. The summed E-state index contributed by atoms with van der Waals surface area (Å²) in [5, 5.41) is 10.4. The molecule has 0 spiro atoms. The molecule has 7 nitrogen and oxygen atoms in total. The highest BCUT2D eigenvalue weighted by Crippen LogP contribution is 1.98. The first-order chi connectivity index (χ1) is 9.54. The van der Waals surface area contributed by atoms with Crippen molar-refractivity contribution in [1.82, 2.24) is 25.3 Å². The molecule has 0 unspecified atom stereocenters. The number of amides is 1. The molecule has 0 saturated carbocycles. The zero-order valence-corrected chi connectivity index (χ0v) is 15.4. The smallest absolute Gasteiger partial charge is 0.223 e. The fraction of sp³-hybridized carbons (Fsp3) is 0.615. The van der Waals surface area contributed by atoms with Crippen molar-refractivity contribution < 1.29 is 4.79 Å². The van der Waals surface area contributed by atoms with E-state index in [9.17, 15) is 4.79 Å². The van der Waals surface area contributed by atoms with Crippen LogP contribution in [0, 0.1) is 0 Å². The van der Waals surface area contributed by atoms with Crippen molar-refractivity contribution in [2.75, 3.05) is 27.2 Å². The number of nitrogens with one attached hydrogen (secondary N) is 2. The molecular formula is C13H25IN6O. The first kappa shape index (κ1) is 19.7. The molecule has 8 heteroatoms. The monoisotopic (exact) mass is 408 g/mol. The van der Waals surface area contributed by atoms with E-state index in [0.717, 1.165) is 12.2 Å². The molecule has 120 valence electrons. The maximum absolute atomic E-state index is 11.5. The Balaban J connectivity index is 0.00000400. The number of carbonyl (C=O) groups excluding carboxylic acids is 1. The van der Waals surface area contributed by atoms with Gasteiger partial charge in [0.2, 0.25) is 5.91 Å². The molecule has 0 bridgehead atoms. The van der Waals surface area contributed by atoms with Crippen molar-refractivity contribution >= 4 is 35.8 Å². The van der Waals surface area contributed by atoms with E-state index in [-0.39, 0.29) is 29.9 Å². The zero-order chi connectivity index (χ0) is 15.0. The van der Waals surface area contributed by atoms with Crippen molar-refractivity contribution in [1.29, 1.82) is 0 Å². The van der Waals surface area contributed by atoms with E-state index in [1.165, 1.54) is 0 Å². The standard InChI is InChI=1S/C13H24N6O.HI/c1-5-14-13(15-8-7-12(20)18(2)3)16-10-11-6-9-17-19(11)4;/h6,9H,5,7-8,10H2,1-4H3,(H2,14,15,16);1H. The Labute approximate surface area is 143 Å². The Morgan fingerprint density at radius 3 is 2.67 bits per heavy atom. The lowest BCUT2D eigenvalue weighted by molar-refractivity contribution is -0.128. The number of aliphatic imine (C=N–C) groups is 1. The van der Waals surface area contributed by atoms with Gasteiger partial charge >= 0.3 is 0 Å². The number of aromatic nitrogens is 2. The Bertz CT molecular complexity index is 457. The molecule has 0 saturated heterocycles. The predicted molar refractivity (Wildman–Crippen MR) is 94.8 cm³/mol. The maximum atomic E-state index is 11.5. The summed E-state index contributed by atoms with van der Waals surface area (Å²) in [6, 6.07) is 1.93. The number of nitrogens with zero attached hydrogens (tertiary/aromatic N) is 4. The molecule has 1 rings (SSSR count). The Kier molecular flexibility index (Phi) is 9.76. The van der Waals surface area contributed by atoms with Crippen molar-refractivity contribution in [3.05, 3.63) is 18.0 Å². The lowest BCUT2D eigenvalue weighted by Gasteiger charge is -2.13. The van der Waals surface area contributed by atoms with Crippen LogP contribution in [0.2, 0.25) is 0 Å². The lowest BCUT2D eigenvalue weighted by atomic mass is 10.4. The molecule has 0 radical (unpaired) electrons. The van der Waals surface area contributed by atoms with Crippen LogP contribution >= 0.6 is 24.0 Å². The first-order valence-corrected chi connectivity index (χ1v) is 6.73. The zero-order valence-electron chi connectivity index (χ0n) is 13.1. The second-order valence-electron chi connectivity index (χ2n) is 4.61. The van der Waals surface area contributed by atoms with E-state index in [1.54, 1.807) is 29.9 Å². The number of guanidine groups is 1. The van der Waals surface area contributed by atoms with Gasteiger partial charge in [0, 0.05) is 46.9 Å². The van der Waals surface area contributed by atoms with Crippen LogP contribution in [0.15, 0.2) is 17.3 Å². The molecule has 21 heavy (non-hydrogen) atoms. The number of rotatable bonds is 6. The second kappa shape index (κ2) is 10.4. The van der Waals surface area contributed by atoms with Crippen LogP contribution in [0.5, 0.6) is 0 Å². The quantitative estimate of drug-likeness (QED) is 0.410. The summed E-state index contributed by atoms with van der Waals surface area (Å²) in [6.45, 7) is 3.90. The summed E-state index contributed by atoms with van der Waals surface area (Å²) >= 11 is 0. The molecule has 0 aromatic carbocycles. The number of carbonyl (C=O) groups is 1. The van der Waals surface area contributed by atoms with E-state index < -0.39 is 0 Å². The summed E-state index contributed by atoms with van der Waals surface area (Å²) in [5.41, 5.74) is 1.03. The van der Waals surface area contributed by atoms with Crippen molar-refractivity contribution in [3.8, 4) is 0 Å². The normalized spacial score (nSPS) is 10.8. The molecule has 1 aromatic rings. The van der Waals surface area contributed by atoms with E-state index in [2.05, 4.69) is 20.7 Å². The third-order valence-corrected chi connectivity index (χ3v) is 2.80. The van der Waals surface area contributed by atoms with Crippen LogP contribution < -0.4 is 10.6 Å². The van der Waals surface area contributed by atoms with E-state index >= 15 is 0 Å². The minimum atomic E-state index is 0. The number of halogens is 1. The Morgan fingerprint density at radius 2 is 2.14 bits per heavy atom. The fourth-order valence-corrected chi connectivity index (χ4v) is 1.57. The fourth-order valence-electron chi connectivity index (χ4n) is 1.57. The molecule has 2 N–H and O–H groups in total. The maximum Gasteiger partial charge on any atom is 0.223 e. The predicted octanol–water partition coefficient (Wildman–Crippen LogP) is 0.571. The Hall–Kier alpha value is -1.32. The summed E-state index contributed by atoms with van der Waals surface area (Å²) in [6.07, 6.45) is 2.20. The SMILES string of the molecule is CCNC(=NCc1ccnn1C)NCCC(=O)N(C)C.I. The average molecular weight is 408 g/mol. The molecule has 1 heterocycles. The van der Waals surface area contributed by atoms with Gasteiger partial charge in [0.1, 0.15) is 0 Å². The lowest BCUT2D eigenvalue weighted by Crippen LogP contribution is -2.39. The van der Waals surface area contributed by atoms with Crippen LogP contribution in [0.25, 0.3) is 0 Å². The summed E-state index contributed by atoms with van der Waals surface area (Å²) < 4.78 is 1.79. The van der Waals surface area contributed by atoms with Gasteiger partial charge in [-0.25, -0.2) is 4.99 Å². The van der Waals surface area contributed by atoms with Crippen molar-refractivity contribution in [2.24, 2.45) is 12.0 Å². The minimum Gasteiger partial charge on any atom is -0.357 e. The summed E-state index contributed by atoms with van der Waals surface area (Å²) in [7, 11) is 5.40. The van der Waals surface area contributed by atoms with Gasteiger partial charge in [-0.15, -0.1) is 24.0 Å². The molecular weight excluding hydrogens is 383 g/mol. The van der Waals surface area contributed by atoms with Gasteiger partial charge in [-0.2, -0.15) is 5.10 Å². The van der Waals surface area contributed by atoms with Gasteiger partial charge in [0.15, 0.2) is 5.96 Å². The van der Waals surface area contributed by atoms with E-state index in [1.807, 2.05) is 20.0 Å². The van der Waals surface area contributed by atoms with Gasteiger partial charge in [-0.3, -0.25) is 9.48 Å². The third-order valence-electron chi connectivity index (χ3n) is 2.80. The van der Waals surface area contributed by atoms with Crippen molar-refractivity contribution in [3.63, 3.8) is 0 Å². The van der Waals surface area contributed by atoms with Gasteiger partial charge in [0.25, 0.3) is 0 Å². The highest BCUT2D eigenvalue weighted by atomic mass is 127. The van der Waals surface area contributed by atoms with Gasteiger partial charge in [-0.1, -0.05) is 0 Å². The number of hydrogen-bond acceptors (Lipinski definition) is 3. The molecule has 0 atom stereocenters.